The number of ether oxygens (including phenoxy) is 1. The van der Waals surface area contributed by atoms with Gasteiger partial charge in [0, 0.05) is 18.1 Å². The highest BCUT2D eigenvalue weighted by Crippen LogP contribution is 2.26. The van der Waals surface area contributed by atoms with Crippen molar-refractivity contribution in [2.45, 2.75) is 25.9 Å². The van der Waals surface area contributed by atoms with Crippen LogP contribution in [0, 0.1) is 0 Å². The summed E-state index contributed by atoms with van der Waals surface area (Å²) in [5.74, 6) is 0.419. The lowest BCUT2D eigenvalue weighted by Gasteiger charge is -2.18. The van der Waals surface area contributed by atoms with Crippen molar-refractivity contribution in [3.8, 4) is 5.75 Å². The molecule has 1 aromatic rings. The van der Waals surface area contributed by atoms with Crippen LogP contribution in [0.2, 0.25) is 5.02 Å². The topological polar surface area (TPSA) is 49.8 Å². The van der Waals surface area contributed by atoms with Crippen molar-refractivity contribution in [2.75, 3.05) is 19.7 Å². The van der Waals surface area contributed by atoms with Crippen LogP contribution >= 0.6 is 11.6 Å². The van der Waals surface area contributed by atoms with Crippen LogP contribution in [0.3, 0.4) is 0 Å². The molecule has 1 saturated heterocycles. The van der Waals surface area contributed by atoms with Crippen LogP contribution in [0.5, 0.6) is 5.75 Å². The van der Waals surface area contributed by atoms with E-state index in [1.54, 1.807) is 23.1 Å². The third kappa shape index (κ3) is 3.39. The average molecular weight is 284 g/mol. The van der Waals surface area contributed by atoms with Gasteiger partial charge in [-0.05, 0) is 31.0 Å². The zero-order valence-electron chi connectivity index (χ0n) is 10.9. The Morgan fingerprint density at radius 1 is 1.58 bits per heavy atom. The second-order valence-corrected chi connectivity index (χ2v) is 5.12. The van der Waals surface area contributed by atoms with Crippen molar-refractivity contribution in [3.05, 3.63) is 28.8 Å². The Kier molecular flexibility index (Phi) is 4.66. The van der Waals surface area contributed by atoms with Gasteiger partial charge in [-0.3, -0.25) is 4.79 Å². The van der Waals surface area contributed by atoms with E-state index < -0.39 is 6.10 Å². The summed E-state index contributed by atoms with van der Waals surface area (Å²) in [5, 5.41) is 10.0. The molecule has 0 saturated carbocycles. The van der Waals surface area contributed by atoms with Gasteiger partial charge in [0.05, 0.1) is 18.3 Å². The number of aliphatic hydroxyl groups excluding tert-OH is 1. The predicted molar refractivity (Wildman–Crippen MR) is 73.8 cm³/mol. The number of rotatable bonds is 4. The first-order valence-electron chi connectivity index (χ1n) is 6.51. The van der Waals surface area contributed by atoms with Crippen LogP contribution in [0.25, 0.3) is 0 Å². The fourth-order valence-electron chi connectivity index (χ4n) is 2.10. The fraction of sp³-hybridized carbons (Fsp3) is 0.500. The molecule has 0 bridgehead atoms. The maximum Gasteiger partial charge on any atom is 0.257 e. The SMILES string of the molecule is CCCOc1ccc(Cl)cc1C(=O)N1CC[C@H](O)C1. The molecule has 0 aromatic heterocycles. The molecule has 0 unspecified atom stereocenters. The van der Waals surface area contributed by atoms with Crippen molar-refractivity contribution >= 4 is 17.5 Å². The summed E-state index contributed by atoms with van der Waals surface area (Å²) < 4.78 is 5.58. The molecule has 1 aromatic carbocycles. The van der Waals surface area contributed by atoms with Gasteiger partial charge >= 0.3 is 0 Å². The van der Waals surface area contributed by atoms with Crippen molar-refractivity contribution in [1.29, 1.82) is 0 Å². The van der Waals surface area contributed by atoms with E-state index in [0.717, 1.165) is 6.42 Å². The van der Waals surface area contributed by atoms with Gasteiger partial charge < -0.3 is 14.7 Å². The Bertz CT molecular complexity index is 464. The van der Waals surface area contributed by atoms with E-state index >= 15 is 0 Å². The van der Waals surface area contributed by atoms with Gasteiger partial charge in [0.25, 0.3) is 5.91 Å². The van der Waals surface area contributed by atoms with Crippen molar-refractivity contribution < 1.29 is 14.6 Å². The average Bonchev–Trinajstić information content (AvgIpc) is 2.83. The summed E-state index contributed by atoms with van der Waals surface area (Å²) >= 11 is 5.95. The first kappa shape index (κ1) is 14.2. The lowest BCUT2D eigenvalue weighted by molar-refractivity contribution is 0.0760. The first-order valence-corrected chi connectivity index (χ1v) is 6.89. The second-order valence-electron chi connectivity index (χ2n) is 4.68. The molecule has 104 valence electrons. The highest BCUT2D eigenvalue weighted by atomic mass is 35.5. The normalized spacial score (nSPS) is 18.7. The first-order chi connectivity index (χ1) is 9.11. The molecule has 0 aliphatic carbocycles. The molecule has 1 aliphatic heterocycles. The quantitative estimate of drug-likeness (QED) is 0.923. The zero-order valence-corrected chi connectivity index (χ0v) is 11.7. The highest BCUT2D eigenvalue weighted by molar-refractivity contribution is 6.31. The zero-order chi connectivity index (χ0) is 13.8. The van der Waals surface area contributed by atoms with Crippen LogP contribution < -0.4 is 4.74 Å². The minimum Gasteiger partial charge on any atom is -0.493 e. The van der Waals surface area contributed by atoms with Crippen LogP contribution in [0.15, 0.2) is 18.2 Å². The second kappa shape index (κ2) is 6.26. The van der Waals surface area contributed by atoms with Gasteiger partial charge in [-0.2, -0.15) is 0 Å². The van der Waals surface area contributed by atoms with E-state index in [2.05, 4.69) is 0 Å². The van der Waals surface area contributed by atoms with Crippen LogP contribution in [-0.4, -0.2) is 41.7 Å². The predicted octanol–water partition coefficient (Wildman–Crippen LogP) is 2.34. The lowest BCUT2D eigenvalue weighted by Crippen LogP contribution is -2.30. The lowest BCUT2D eigenvalue weighted by atomic mass is 10.1. The highest BCUT2D eigenvalue weighted by Gasteiger charge is 2.27. The van der Waals surface area contributed by atoms with Crippen molar-refractivity contribution in [3.63, 3.8) is 0 Å². The molecule has 1 N–H and O–H groups in total. The van der Waals surface area contributed by atoms with Crippen LogP contribution in [0.1, 0.15) is 30.1 Å². The smallest absolute Gasteiger partial charge is 0.257 e. The minimum absolute atomic E-state index is 0.134. The Morgan fingerprint density at radius 3 is 3.00 bits per heavy atom. The molecule has 1 amide bonds. The molecule has 1 atom stereocenters. The van der Waals surface area contributed by atoms with E-state index in [1.165, 1.54) is 0 Å². The number of hydrogen-bond donors (Lipinski definition) is 1. The molecule has 19 heavy (non-hydrogen) atoms. The number of halogens is 1. The number of hydrogen-bond acceptors (Lipinski definition) is 3. The summed E-state index contributed by atoms with van der Waals surface area (Å²) in [7, 11) is 0. The van der Waals surface area contributed by atoms with Gasteiger partial charge in [-0.25, -0.2) is 0 Å². The summed E-state index contributed by atoms with van der Waals surface area (Å²) in [6, 6.07) is 5.06. The number of aliphatic hydroxyl groups is 1. The van der Waals surface area contributed by atoms with Crippen LogP contribution in [-0.2, 0) is 0 Å². The summed E-state index contributed by atoms with van der Waals surface area (Å²) in [6.07, 6.45) is 1.07. The number of nitrogens with zero attached hydrogens (tertiary/aromatic N) is 1. The van der Waals surface area contributed by atoms with Crippen LogP contribution in [0.4, 0.5) is 0 Å². The van der Waals surface area contributed by atoms with Crippen molar-refractivity contribution in [1.82, 2.24) is 4.90 Å². The maximum absolute atomic E-state index is 12.4. The summed E-state index contributed by atoms with van der Waals surface area (Å²) in [5.41, 5.74) is 0.468. The van der Waals surface area contributed by atoms with Gasteiger partial charge in [-0.15, -0.1) is 0 Å². The van der Waals surface area contributed by atoms with E-state index in [1.807, 2.05) is 6.92 Å². The number of β-amino-alcohol motifs (C(OH)–C–C–N with tert-alkyl or cyclic N) is 1. The largest absolute Gasteiger partial charge is 0.493 e. The molecule has 1 heterocycles. The molecule has 2 rings (SSSR count). The van der Waals surface area contributed by atoms with Gasteiger partial charge in [-0.1, -0.05) is 18.5 Å². The fourth-order valence-corrected chi connectivity index (χ4v) is 2.28. The third-order valence-corrected chi connectivity index (χ3v) is 3.32. The molecule has 0 spiro atoms. The number of carbonyl (C=O) groups is 1. The van der Waals surface area contributed by atoms with Gasteiger partial charge in [0.1, 0.15) is 5.75 Å². The third-order valence-electron chi connectivity index (χ3n) is 3.08. The number of amides is 1. The number of benzene rings is 1. The van der Waals surface area contributed by atoms with E-state index in [0.29, 0.717) is 42.5 Å². The van der Waals surface area contributed by atoms with Gasteiger partial charge in [0.2, 0.25) is 0 Å². The monoisotopic (exact) mass is 283 g/mol. The molecule has 0 radical (unpaired) electrons. The number of likely N-dealkylation sites (tertiary alicyclic amines) is 1. The van der Waals surface area contributed by atoms with E-state index in [9.17, 15) is 9.90 Å². The number of carbonyl (C=O) groups excluding carboxylic acids is 1. The van der Waals surface area contributed by atoms with Gasteiger partial charge in [0.15, 0.2) is 0 Å². The summed E-state index contributed by atoms with van der Waals surface area (Å²) in [6.45, 7) is 3.51. The molecular weight excluding hydrogens is 266 g/mol. The maximum atomic E-state index is 12.4. The van der Waals surface area contributed by atoms with E-state index in [-0.39, 0.29) is 5.91 Å². The minimum atomic E-state index is -0.428. The standard InChI is InChI=1S/C14H18ClNO3/c1-2-7-19-13-4-3-10(15)8-12(13)14(18)16-6-5-11(17)9-16/h3-4,8,11,17H,2,5-7,9H2,1H3/t11-/m0/s1. The molecular formula is C14H18ClNO3. The molecule has 1 fully saturated rings. The Hall–Kier alpha value is -1.26. The van der Waals surface area contributed by atoms with Crippen molar-refractivity contribution in [2.24, 2.45) is 0 Å². The molecule has 4 nitrogen and oxygen atoms in total. The summed E-state index contributed by atoms with van der Waals surface area (Å²) in [4.78, 5) is 14.0. The Morgan fingerprint density at radius 2 is 2.37 bits per heavy atom. The molecule has 1 aliphatic rings. The molecule has 5 heteroatoms. The Balaban J connectivity index is 2.21. The Labute approximate surface area is 117 Å². The van der Waals surface area contributed by atoms with E-state index in [4.69, 9.17) is 16.3 Å².